The Kier molecular flexibility index (Phi) is 2.64. The topological polar surface area (TPSA) is 57.5 Å². The van der Waals surface area contributed by atoms with Crippen molar-refractivity contribution >= 4 is 5.97 Å². The highest BCUT2D eigenvalue weighted by atomic mass is 16.4. The second-order valence-electron chi connectivity index (χ2n) is 4.78. The maximum absolute atomic E-state index is 11.9. The summed E-state index contributed by atoms with van der Waals surface area (Å²) >= 11 is 0. The molecule has 0 atom stereocenters. The maximum Gasteiger partial charge on any atom is 0.318 e. The minimum Gasteiger partial charge on any atom is -0.480 e. The van der Waals surface area contributed by atoms with Gasteiger partial charge in [-0.2, -0.15) is 0 Å². The molecule has 0 unspecified atom stereocenters. The quantitative estimate of drug-likeness (QED) is 0.884. The molecule has 0 spiro atoms. The summed E-state index contributed by atoms with van der Waals surface area (Å²) in [6.07, 6.45) is 0.191. The molecule has 2 aromatic rings. The van der Waals surface area contributed by atoms with E-state index in [0.717, 1.165) is 22.3 Å². The number of aliphatic hydroxyl groups is 1. The monoisotopic (exact) mass is 254 g/mol. The molecule has 0 saturated carbocycles. The molecule has 1 aliphatic rings. The summed E-state index contributed by atoms with van der Waals surface area (Å²) in [5, 5.41) is 19.1. The molecule has 0 amide bonds. The minimum absolute atomic E-state index is 0.158. The smallest absolute Gasteiger partial charge is 0.318 e. The van der Waals surface area contributed by atoms with Gasteiger partial charge in [-0.3, -0.25) is 4.79 Å². The van der Waals surface area contributed by atoms with Gasteiger partial charge < -0.3 is 10.2 Å². The van der Waals surface area contributed by atoms with Gasteiger partial charge in [0, 0.05) is 6.61 Å². The van der Waals surface area contributed by atoms with E-state index in [1.54, 1.807) is 0 Å². The fourth-order valence-corrected chi connectivity index (χ4v) is 3.10. The van der Waals surface area contributed by atoms with Crippen molar-refractivity contribution in [2.45, 2.75) is 11.8 Å². The minimum atomic E-state index is -1.12. The molecule has 0 aliphatic heterocycles. The van der Waals surface area contributed by atoms with E-state index >= 15 is 0 Å². The molecule has 3 rings (SSSR count). The number of fused-ring (bicyclic) bond motifs is 3. The summed E-state index contributed by atoms with van der Waals surface area (Å²) in [4.78, 5) is 11.9. The van der Waals surface area contributed by atoms with Crippen molar-refractivity contribution in [1.82, 2.24) is 0 Å². The van der Waals surface area contributed by atoms with Crippen LogP contribution in [0.15, 0.2) is 48.5 Å². The molecule has 2 N–H and O–H groups in total. The van der Waals surface area contributed by atoms with Crippen LogP contribution in [0.1, 0.15) is 17.5 Å². The molecular formula is C16H14O3. The van der Waals surface area contributed by atoms with E-state index in [1.165, 1.54) is 0 Å². The van der Waals surface area contributed by atoms with Crippen LogP contribution in [0.3, 0.4) is 0 Å². The van der Waals surface area contributed by atoms with Crippen LogP contribution in [0.4, 0.5) is 0 Å². The maximum atomic E-state index is 11.9. The lowest BCUT2D eigenvalue weighted by atomic mass is 9.75. The second-order valence-corrected chi connectivity index (χ2v) is 4.78. The van der Waals surface area contributed by atoms with Crippen LogP contribution in [0, 0.1) is 0 Å². The summed E-state index contributed by atoms with van der Waals surface area (Å²) < 4.78 is 0. The summed E-state index contributed by atoms with van der Waals surface area (Å²) in [5.41, 5.74) is 2.33. The molecule has 0 radical (unpaired) electrons. The van der Waals surface area contributed by atoms with Crippen molar-refractivity contribution in [2.24, 2.45) is 0 Å². The van der Waals surface area contributed by atoms with Crippen molar-refractivity contribution < 1.29 is 15.0 Å². The van der Waals surface area contributed by atoms with Gasteiger partial charge in [-0.1, -0.05) is 48.5 Å². The number of carboxylic acids is 1. The lowest BCUT2D eigenvalue weighted by Gasteiger charge is -2.26. The van der Waals surface area contributed by atoms with Gasteiger partial charge in [-0.05, 0) is 28.7 Å². The molecule has 19 heavy (non-hydrogen) atoms. The van der Waals surface area contributed by atoms with Crippen LogP contribution in [-0.2, 0) is 10.2 Å². The Balaban J connectivity index is 2.38. The molecule has 2 aromatic carbocycles. The largest absolute Gasteiger partial charge is 0.480 e. The van der Waals surface area contributed by atoms with Crippen molar-refractivity contribution in [3.05, 3.63) is 59.7 Å². The summed E-state index contributed by atoms with van der Waals surface area (Å²) in [7, 11) is 0. The average Bonchev–Trinajstić information content (AvgIpc) is 2.72. The van der Waals surface area contributed by atoms with Crippen molar-refractivity contribution in [2.75, 3.05) is 6.61 Å². The Morgan fingerprint density at radius 3 is 1.84 bits per heavy atom. The fraction of sp³-hybridized carbons (Fsp3) is 0.188. The van der Waals surface area contributed by atoms with E-state index in [-0.39, 0.29) is 13.0 Å². The molecular weight excluding hydrogens is 240 g/mol. The Hall–Kier alpha value is -2.13. The number of rotatable bonds is 3. The van der Waals surface area contributed by atoms with Crippen LogP contribution in [0.25, 0.3) is 11.1 Å². The fourth-order valence-electron chi connectivity index (χ4n) is 3.10. The Morgan fingerprint density at radius 2 is 1.42 bits per heavy atom. The van der Waals surface area contributed by atoms with Gasteiger partial charge in [0.2, 0.25) is 0 Å². The van der Waals surface area contributed by atoms with Crippen LogP contribution in [-0.4, -0.2) is 22.8 Å². The van der Waals surface area contributed by atoms with Gasteiger partial charge in [-0.25, -0.2) is 0 Å². The molecule has 96 valence electrons. The normalized spacial score (nSPS) is 14.8. The first-order chi connectivity index (χ1) is 9.21. The number of aliphatic carboxylic acids is 1. The highest BCUT2D eigenvalue weighted by Crippen LogP contribution is 2.50. The highest BCUT2D eigenvalue weighted by molar-refractivity contribution is 5.97. The van der Waals surface area contributed by atoms with Gasteiger partial charge in [0.25, 0.3) is 0 Å². The molecule has 0 heterocycles. The predicted octanol–water partition coefficient (Wildman–Crippen LogP) is 2.42. The number of hydrogen-bond donors (Lipinski definition) is 2. The molecule has 0 bridgehead atoms. The lowest BCUT2D eigenvalue weighted by Crippen LogP contribution is -2.36. The first-order valence-corrected chi connectivity index (χ1v) is 6.25. The molecule has 1 aliphatic carbocycles. The van der Waals surface area contributed by atoms with E-state index in [2.05, 4.69) is 0 Å². The van der Waals surface area contributed by atoms with Gasteiger partial charge in [-0.15, -0.1) is 0 Å². The van der Waals surface area contributed by atoms with Crippen LogP contribution >= 0.6 is 0 Å². The Morgan fingerprint density at radius 1 is 0.947 bits per heavy atom. The summed E-state index contributed by atoms with van der Waals surface area (Å²) in [6, 6.07) is 15.1. The summed E-state index contributed by atoms with van der Waals surface area (Å²) in [6.45, 7) is -0.158. The Bertz CT molecular complexity index is 600. The highest BCUT2D eigenvalue weighted by Gasteiger charge is 2.48. The zero-order chi connectivity index (χ0) is 13.5. The van der Waals surface area contributed by atoms with E-state index in [4.69, 9.17) is 0 Å². The van der Waals surface area contributed by atoms with Crippen LogP contribution in [0.5, 0.6) is 0 Å². The number of aliphatic hydroxyl groups excluding tert-OH is 1. The first kappa shape index (κ1) is 11.9. The van der Waals surface area contributed by atoms with Crippen molar-refractivity contribution in [1.29, 1.82) is 0 Å². The average molecular weight is 254 g/mol. The van der Waals surface area contributed by atoms with Gasteiger partial charge in [0.1, 0.15) is 5.41 Å². The number of carbonyl (C=O) groups is 1. The zero-order valence-corrected chi connectivity index (χ0v) is 10.3. The summed E-state index contributed by atoms with van der Waals surface area (Å²) in [5.74, 6) is -0.904. The molecule has 3 heteroatoms. The van der Waals surface area contributed by atoms with E-state index in [9.17, 15) is 15.0 Å². The third-order valence-corrected chi connectivity index (χ3v) is 3.92. The van der Waals surface area contributed by atoms with Crippen LogP contribution in [0.2, 0.25) is 0 Å². The second kappa shape index (κ2) is 4.21. The molecule has 0 aromatic heterocycles. The SMILES string of the molecule is O=C(O)C1(CCO)c2ccccc2-c2ccccc21. The van der Waals surface area contributed by atoms with Gasteiger partial charge >= 0.3 is 5.97 Å². The first-order valence-electron chi connectivity index (χ1n) is 6.25. The van der Waals surface area contributed by atoms with Gasteiger partial charge in [0.05, 0.1) is 0 Å². The third-order valence-electron chi connectivity index (χ3n) is 3.92. The van der Waals surface area contributed by atoms with Crippen molar-refractivity contribution in [3.63, 3.8) is 0 Å². The predicted molar refractivity (Wildman–Crippen MR) is 72.0 cm³/mol. The van der Waals surface area contributed by atoms with Crippen molar-refractivity contribution in [3.8, 4) is 11.1 Å². The van der Waals surface area contributed by atoms with E-state index in [1.807, 2.05) is 48.5 Å². The Labute approximate surface area is 111 Å². The standard InChI is InChI=1S/C16H14O3/c17-10-9-16(15(18)19)13-7-3-1-5-11(13)12-6-2-4-8-14(12)16/h1-8,17H,9-10H2,(H,18,19). The molecule has 0 fully saturated rings. The molecule has 0 saturated heterocycles. The lowest BCUT2D eigenvalue weighted by molar-refractivity contribution is -0.142. The molecule has 3 nitrogen and oxygen atoms in total. The van der Waals surface area contributed by atoms with E-state index in [0.29, 0.717) is 0 Å². The van der Waals surface area contributed by atoms with Crippen LogP contribution < -0.4 is 0 Å². The number of hydrogen-bond acceptors (Lipinski definition) is 2. The zero-order valence-electron chi connectivity index (χ0n) is 10.3. The van der Waals surface area contributed by atoms with E-state index < -0.39 is 11.4 Å². The van der Waals surface area contributed by atoms with Gasteiger partial charge in [0.15, 0.2) is 0 Å². The number of carboxylic acid groups (broad SMARTS) is 1. The number of benzene rings is 2. The third kappa shape index (κ3) is 1.45.